The van der Waals surface area contributed by atoms with Gasteiger partial charge in [0.1, 0.15) is 10.6 Å². The summed E-state index contributed by atoms with van der Waals surface area (Å²) in [4.78, 5) is 18.0. The molecular formula is C23H32N2O5S. The van der Waals surface area contributed by atoms with Gasteiger partial charge in [-0.3, -0.25) is 4.98 Å². The van der Waals surface area contributed by atoms with Gasteiger partial charge in [0.25, 0.3) is 0 Å². The predicted octanol–water partition coefficient (Wildman–Crippen LogP) is 5.08. The Labute approximate surface area is 185 Å². The molecule has 7 nitrogen and oxygen atoms in total. The maximum Gasteiger partial charge on any atom is 0.335 e. The van der Waals surface area contributed by atoms with Gasteiger partial charge in [0.2, 0.25) is 0 Å². The zero-order chi connectivity index (χ0) is 23.0. The van der Waals surface area contributed by atoms with Crippen LogP contribution in [0.2, 0.25) is 0 Å². The minimum Gasteiger partial charge on any atom is -0.478 e. The molecule has 1 N–H and O–H groups in total. The standard InChI is InChI=1S/C23H32N2O5S/c1-5-8-12-25(13-9-6-2)20-14-18(23(26)27)15-21(31(28,29)7-3)22(20)30-19-11-10-17(4)24-16-19/h10-11,14-16H,5-9,12-13H2,1-4H3,(H,26,27). The highest BCUT2D eigenvalue weighted by atomic mass is 32.2. The molecule has 0 saturated carbocycles. The molecule has 1 heterocycles. The number of nitrogens with zero attached hydrogens (tertiary/aromatic N) is 2. The number of hydrogen-bond acceptors (Lipinski definition) is 6. The van der Waals surface area contributed by atoms with E-state index in [1.165, 1.54) is 25.3 Å². The quantitative estimate of drug-likeness (QED) is 0.483. The Morgan fingerprint density at radius 3 is 2.23 bits per heavy atom. The summed E-state index contributed by atoms with van der Waals surface area (Å²) in [5, 5.41) is 9.65. The van der Waals surface area contributed by atoms with Crippen molar-refractivity contribution in [2.24, 2.45) is 0 Å². The number of aromatic carboxylic acids is 1. The number of pyridine rings is 1. The van der Waals surface area contributed by atoms with Gasteiger partial charge >= 0.3 is 5.97 Å². The molecule has 0 bridgehead atoms. The number of hydrogen-bond donors (Lipinski definition) is 1. The third-order valence-corrected chi connectivity index (χ3v) is 6.74. The molecule has 0 aliphatic carbocycles. The molecule has 0 aliphatic rings. The fourth-order valence-corrected chi connectivity index (χ4v) is 4.16. The smallest absolute Gasteiger partial charge is 0.335 e. The molecule has 0 spiro atoms. The zero-order valence-electron chi connectivity index (χ0n) is 18.7. The van der Waals surface area contributed by atoms with Gasteiger partial charge in [0, 0.05) is 18.8 Å². The molecule has 2 rings (SSSR count). The summed E-state index contributed by atoms with van der Waals surface area (Å²) in [6.07, 6.45) is 5.23. The molecule has 1 aromatic heterocycles. The average Bonchev–Trinajstić information content (AvgIpc) is 2.75. The van der Waals surface area contributed by atoms with Crippen LogP contribution in [0.5, 0.6) is 11.5 Å². The Hall–Kier alpha value is -2.61. The van der Waals surface area contributed by atoms with Gasteiger partial charge in [-0.1, -0.05) is 33.6 Å². The molecule has 0 aliphatic heterocycles. The van der Waals surface area contributed by atoms with E-state index in [1.54, 1.807) is 12.1 Å². The number of aromatic nitrogens is 1. The van der Waals surface area contributed by atoms with Crippen molar-refractivity contribution in [3.05, 3.63) is 41.7 Å². The summed E-state index contributed by atoms with van der Waals surface area (Å²) in [6, 6.07) is 6.21. The minimum atomic E-state index is -3.75. The van der Waals surface area contributed by atoms with Crippen LogP contribution in [0.15, 0.2) is 35.4 Å². The molecule has 170 valence electrons. The lowest BCUT2D eigenvalue weighted by atomic mass is 10.1. The van der Waals surface area contributed by atoms with Gasteiger partial charge in [-0.15, -0.1) is 0 Å². The van der Waals surface area contributed by atoms with Crippen LogP contribution in [0, 0.1) is 6.92 Å². The SMILES string of the molecule is CCCCN(CCCC)c1cc(C(=O)O)cc(S(=O)(=O)CC)c1Oc1ccc(C)nc1. The maximum atomic E-state index is 12.9. The Morgan fingerprint density at radius 2 is 1.74 bits per heavy atom. The maximum absolute atomic E-state index is 12.9. The second kappa shape index (κ2) is 11.1. The fraction of sp³-hybridized carbons (Fsp3) is 0.478. The molecule has 0 amide bonds. The van der Waals surface area contributed by atoms with E-state index in [4.69, 9.17) is 4.74 Å². The van der Waals surface area contributed by atoms with E-state index in [2.05, 4.69) is 18.8 Å². The van der Waals surface area contributed by atoms with Crippen molar-refractivity contribution in [2.45, 2.75) is 58.3 Å². The summed E-state index contributed by atoms with van der Waals surface area (Å²) in [7, 11) is -3.75. The largest absolute Gasteiger partial charge is 0.478 e. The number of anilines is 1. The van der Waals surface area contributed by atoms with Crippen molar-refractivity contribution in [3.63, 3.8) is 0 Å². The van der Waals surface area contributed by atoms with E-state index >= 15 is 0 Å². The minimum absolute atomic E-state index is 0.0746. The molecule has 8 heteroatoms. The zero-order valence-corrected chi connectivity index (χ0v) is 19.5. The van der Waals surface area contributed by atoms with Crippen LogP contribution in [0.3, 0.4) is 0 Å². The van der Waals surface area contributed by atoms with Crippen LogP contribution in [0.1, 0.15) is 62.5 Å². The second-order valence-electron chi connectivity index (χ2n) is 7.46. The van der Waals surface area contributed by atoms with E-state index in [0.29, 0.717) is 24.5 Å². The van der Waals surface area contributed by atoms with Crippen molar-refractivity contribution < 1.29 is 23.1 Å². The number of unbranched alkanes of at least 4 members (excludes halogenated alkanes) is 2. The lowest BCUT2D eigenvalue weighted by Gasteiger charge is -2.28. The van der Waals surface area contributed by atoms with Gasteiger partial charge in [0.15, 0.2) is 15.6 Å². The van der Waals surface area contributed by atoms with Gasteiger partial charge in [-0.25, -0.2) is 13.2 Å². The van der Waals surface area contributed by atoms with Gasteiger partial charge < -0.3 is 14.7 Å². The second-order valence-corrected chi connectivity index (χ2v) is 9.71. The van der Waals surface area contributed by atoms with Crippen LogP contribution in [-0.2, 0) is 9.84 Å². The molecule has 0 saturated heterocycles. The van der Waals surface area contributed by atoms with E-state index in [9.17, 15) is 18.3 Å². The van der Waals surface area contributed by atoms with Crippen molar-refractivity contribution >= 4 is 21.5 Å². The number of sulfone groups is 1. The molecule has 0 unspecified atom stereocenters. The lowest BCUT2D eigenvalue weighted by molar-refractivity contribution is 0.0696. The van der Waals surface area contributed by atoms with Crippen LogP contribution in [-0.4, -0.2) is 43.3 Å². The molecule has 31 heavy (non-hydrogen) atoms. The number of carboxylic acid groups (broad SMARTS) is 1. The van der Waals surface area contributed by atoms with E-state index in [-0.39, 0.29) is 22.0 Å². The first-order valence-corrected chi connectivity index (χ1v) is 12.4. The van der Waals surface area contributed by atoms with Crippen LogP contribution >= 0.6 is 0 Å². The van der Waals surface area contributed by atoms with Crippen LogP contribution in [0.4, 0.5) is 5.69 Å². The number of ether oxygens (including phenoxy) is 1. The van der Waals surface area contributed by atoms with E-state index in [1.807, 2.05) is 11.8 Å². The summed E-state index contributed by atoms with van der Waals surface area (Å²) < 4.78 is 32.0. The first-order valence-electron chi connectivity index (χ1n) is 10.7. The van der Waals surface area contributed by atoms with Gasteiger partial charge in [-0.05, 0) is 44.0 Å². The van der Waals surface area contributed by atoms with E-state index in [0.717, 1.165) is 31.4 Å². The summed E-state index contributed by atoms with van der Waals surface area (Å²) in [5.74, 6) is -0.788. The molecular weight excluding hydrogens is 416 g/mol. The van der Waals surface area contributed by atoms with Crippen molar-refractivity contribution in [3.8, 4) is 11.5 Å². The van der Waals surface area contributed by atoms with Crippen LogP contribution in [0.25, 0.3) is 0 Å². The van der Waals surface area contributed by atoms with Crippen molar-refractivity contribution in [1.29, 1.82) is 0 Å². The highest BCUT2D eigenvalue weighted by Crippen LogP contribution is 2.40. The molecule has 0 radical (unpaired) electrons. The molecule has 1 aromatic carbocycles. The first kappa shape index (κ1) is 24.7. The summed E-state index contributed by atoms with van der Waals surface area (Å²) in [5.41, 5.74) is 1.21. The summed E-state index contributed by atoms with van der Waals surface area (Å²) >= 11 is 0. The van der Waals surface area contributed by atoms with E-state index < -0.39 is 15.8 Å². The number of carboxylic acids is 1. The highest BCUT2D eigenvalue weighted by molar-refractivity contribution is 7.91. The number of aryl methyl sites for hydroxylation is 1. The third-order valence-electron chi connectivity index (χ3n) is 5.01. The van der Waals surface area contributed by atoms with Gasteiger partial charge in [-0.2, -0.15) is 0 Å². The lowest BCUT2D eigenvalue weighted by Crippen LogP contribution is -2.27. The fourth-order valence-electron chi connectivity index (χ4n) is 3.12. The third kappa shape index (κ3) is 6.43. The number of carbonyl (C=O) groups is 1. The van der Waals surface area contributed by atoms with Gasteiger partial charge in [0.05, 0.1) is 23.2 Å². The predicted molar refractivity (Wildman–Crippen MR) is 122 cm³/mol. The number of rotatable bonds is 12. The van der Waals surface area contributed by atoms with Crippen molar-refractivity contribution in [2.75, 3.05) is 23.7 Å². The Bertz CT molecular complexity index is 980. The number of benzene rings is 1. The Morgan fingerprint density at radius 1 is 1.10 bits per heavy atom. The van der Waals surface area contributed by atoms with Crippen LogP contribution < -0.4 is 9.64 Å². The normalized spacial score (nSPS) is 11.4. The monoisotopic (exact) mass is 448 g/mol. The molecule has 0 fully saturated rings. The average molecular weight is 449 g/mol. The summed E-state index contributed by atoms with van der Waals surface area (Å²) in [6.45, 7) is 8.89. The molecule has 0 atom stereocenters. The Kier molecular flexibility index (Phi) is 8.86. The highest BCUT2D eigenvalue weighted by Gasteiger charge is 2.27. The topological polar surface area (TPSA) is 96.8 Å². The first-order chi connectivity index (χ1) is 14.7. The van der Waals surface area contributed by atoms with Crippen molar-refractivity contribution in [1.82, 2.24) is 4.98 Å². The Balaban J connectivity index is 2.75. The molecule has 2 aromatic rings.